The number of rotatable bonds is 7. The van der Waals surface area contributed by atoms with Crippen molar-refractivity contribution in [2.75, 3.05) is 6.54 Å². The van der Waals surface area contributed by atoms with Gasteiger partial charge in [0.2, 0.25) is 5.91 Å². The third-order valence-electron chi connectivity index (χ3n) is 4.24. The number of carboxylic acids is 1. The molecule has 0 fully saturated rings. The molecule has 1 rings (SSSR count). The van der Waals surface area contributed by atoms with Crippen molar-refractivity contribution in [2.45, 2.75) is 71.2 Å². The molecule has 0 heterocycles. The molecule has 6 nitrogen and oxygen atoms in total. The summed E-state index contributed by atoms with van der Waals surface area (Å²) in [5.74, 6) is -1.05. The second kappa shape index (κ2) is 8.29. The van der Waals surface area contributed by atoms with Gasteiger partial charge in [0.25, 0.3) is 0 Å². The summed E-state index contributed by atoms with van der Waals surface area (Å²) in [7, 11) is 0. The third-order valence-corrected chi connectivity index (χ3v) is 4.24. The van der Waals surface area contributed by atoms with E-state index in [1.54, 1.807) is 11.0 Å². The summed E-state index contributed by atoms with van der Waals surface area (Å²) in [5, 5.41) is 9.25. The van der Waals surface area contributed by atoms with Gasteiger partial charge in [-0.3, -0.25) is 4.79 Å². The average Bonchev–Trinajstić information content (AvgIpc) is 2.46. The molecule has 0 aromatic rings. The highest BCUT2D eigenvalue weighted by Crippen LogP contribution is 2.26. The fourth-order valence-electron chi connectivity index (χ4n) is 3.02. The summed E-state index contributed by atoms with van der Waals surface area (Å²) in [6.07, 6.45) is 3.07. The van der Waals surface area contributed by atoms with E-state index in [0.717, 1.165) is 12.8 Å². The number of hydrogen-bond acceptors (Lipinski definition) is 4. The highest BCUT2D eigenvalue weighted by atomic mass is 16.5. The molecule has 1 aliphatic rings. The smallest absolute Gasteiger partial charge is 0.331 e. The zero-order valence-corrected chi connectivity index (χ0v) is 13.9. The molecule has 0 spiro atoms. The van der Waals surface area contributed by atoms with Crippen molar-refractivity contribution in [1.29, 1.82) is 0 Å². The van der Waals surface area contributed by atoms with Crippen LogP contribution in [0.25, 0.3) is 0 Å². The molecule has 22 heavy (non-hydrogen) atoms. The predicted octanol–water partition coefficient (Wildman–Crippen LogP) is 1.54. The van der Waals surface area contributed by atoms with E-state index in [1.165, 1.54) is 6.92 Å². The number of carbonyl (C=O) groups is 2. The number of amides is 1. The molecule has 126 valence electrons. The largest absolute Gasteiger partial charge is 0.478 e. The molecular weight excluding hydrogens is 284 g/mol. The van der Waals surface area contributed by atoms with Gasteiger partial charge in [-0.15, -0.1) is 0 Å². The van der Waals surface area contributed by atoms with Gasteiger partial charge in [-0.1, -0.05) is 13.8 Å². The van der Waals surface area contributed by atoms with Crippen LogP contribution in [0.5, 0.6) is 0 Å². The Hall–Kier alpha value is -1.40. The first-order chi connectivity index (χ1) is 10.3. The van der Waals surface area contributed by atoms with Crippen molar-refractivity contribution in [1.82, 2.24) is 4.90 Å². The maximum absolute atomic E-state index is 11.9. The highest BCUT2D eigenvalue weighted by Gasteiger charge is 2.39. The number of carboxylic acid groups (broad SMARTS) is 1. The Labute approximate surface area is 132 Å². The SMILES string of the molecule is CCC(CC)O[C@@H]1C=C(C(=O)O)C[C@H](N)[C@H]1N(CC)C(C)=O. The summed E-state index contributed by atoms with van der Waals surface area (Å²) < 4.78 is 6.07. The van der Waals surface area contributed by atoms with Crippen LogP contribution >= 0.6 is 0 Å². The van der Waals surface area contributed by atoms with Gasteiger partial charge >= 0.3 is 5.97 Å². The van der Waals surface area contributed by atoms with Crippen LogP contribution in [0.1, 0.15) is 47.0 Å². The summed E-state index contributed by atoms with van der Waals surface area (Å²) in [5.41, 5.74) is 6.46. The molecule has 1 aliphatic carbocycles. The maximum Gasteiger partial charge on any atom is 0.331 e. The van der Waals surface area contributed by atoms with E-state index in [0.29, 0.717) is 6.54 Å². The minimum Gasteiger partial charge on any atom is -0.478 e. The second-order valence-corrected chi connectivity index (χ2v) is 5.70. The number of likely N-dealkylation sites (N-methyl/N-ethyl adjacent to an activating group) is 1. The molecule has 0 saturated heterocycles. The number of aliphatic carboxylic acids is 1. The van der Waals surface area contributed by atoms with Gasteiger partial charge in [-0.2, -0.15) is 0 Å². The van der Waals surface area contributed by atoms with Gasteiger partial charge in [0, 0.05) is 25.1 Å². The molecular formula is C16H28N2O4. The fraction of sp³-hybridized carbons (Fsp3) is 0.750. The lowest BCUT2D eigenvalue weighted by atomic mass is 9.87. The fourth-order valence-corrected chi connectivity index (χ4v) is 3.02. The van der Waals surface area contributed by atoms with Crippen LogP contribution in [-0.2, 0) is 14.3 Å². The molecule has 0 aliphatic heterocycles. The number of ether oxygens (including phenoxy) is 1. The summed E-state index contributed by atoms with van der Waals surface area (Å²) >= 11 is 0. The van der Waals surface area contributed by atoms with E-state index < -0.39 is 18.1 Å². The molecule has 0 aromatic heterocycles. The molecule has 3 N–H and O–H groups in total. The van der Waals surface area contributed by atoms with Crippen LogP contribution in [0.3, 0.4) is 0 Å². The molecule has 0 radical (unpaired) electrons. The normalized spacial score (nSPS) is 25.0. The first kappa shape index (κ1) is 18.6. The lowest BCUT2D eigenvalue weighted by Gasteiger charge is -2.42. The van der Waals surface area contributed by atoms with Crippen molar-refractivity contribution in [3.05, 3.63) is 11.6 Å². The Morgan fingerprint density at radius 1 is 1.41 bits per heavy atom. The quantitative estimate of drug-likeness (QED) is 0.744. The van der Waals surface area contributed by atoms with Crippen molar-refractivity contribution < 1.29 is 19.4 Å². The Bertz CT molecular complexity index is 432. The van der Waals surface area contributed by atoms with Crippen molar-refractivity contribution >= 4 is 11.9 Å². The monoisotopic (exact) mass is 312 g/mol. The average molecular weight is 312 g/mol. The van der Waals surface area contributed by atoms with Gasteiger partial charge in [0.15, 0.2) is 0 Å². The van der Waals surface area contributed by atoms with Crippen molar-refractivity contribution in [2.24, 2.45) is 5.73 Å². The van der Waals surface area contributed by atoms with Gasteiger partial charge in [0.1, 0.15) is 0 Å². The number of carbonyl (C=O) groups excluding carboxylic acids is 1. The number of hydrogen-bond donors (Lipinski definition) is 2. The number of nitrogens with zero attached hydrogens (tertiary/aromatic N) is 1. The summed E-state index contributed by atoms with van der Waals surface area (Å²) in [6.45, 7) is 7.96. The summed E-state index contributed by atoms with van der Waals surface area (Å²) in [4.78, 5) is 24.8. The van der Waals surface area contributed by atoms with E-state index in [9.17, 15) is 14.7 Å². The molecule has 0 saturated carbocycles. The van der Waals surface area contributed by atoms with Gasteiger partial charge < -0.3 is 20.5 Å². The van der Waals surface area contributed by atoms with E-state index in [-0.39, 0.29) is 30.0 Å². The van der Waals surface area contributed by atoms with Crippen LogP contribution in [0.15, 0.2) is 11.6 Å². The van der Waals surface area contributed by atoms with E-state index in [2.05, 4.69) is 0 Å². The minimum absolute atomic E-state index is 0.0229. The molecule has 0 bridgehead atoms. The Morgan fingerprint density at radius 3 is 2.41 bits per heavy atom. The minimum atomic E-state index is -0.974. The zero-order chi connectivity index (χ0) is 16.9. The van der Waals surface area contributed by atoms with Gasteiger partial charge in [0.05, 0.1) is 18.2 Å². The van der Waals surface area contributed by atoms with Crippen LogP contribution in [0.4, 0.5) is 0 Å². The first-order valence-electron chi connectivity index (χ1n) is 7.97. The van der Waals surface area contributed by atoms with E-state index in [4.69, 9.17) is 10.5 Å². The van der Waals surface area contributed by atoms with Crippen LogP contribution < -0.4 is 5.73 Å². The van der Waals surface area contributed by atoms with Crippen LogP contribution in [0.2, 0.25) is 0 Å². The molecule has 0 unspecified atom stereocenters. The predicted molar refractivity (Wildman–Crippen MR) is 84.4 cm³/mol. The van der Waals surface area contributed by atoms with Gasteiger partial charge in [-0.05, 0) is 32.3 Å². The Morgan fingerprint density at radius 2 is 2.00 bits per heavy atom. The zero-order valence-electron chi connectivity index (χ0n) is 13.9. The Balaban J connectivity index is 3.14. The second-order valence-electron chi connectivity index (χ2n) is 5.70. The topological polar surface area (TPSA) is 92.9 Å². The highest BCUT2D eigenvalue weighted by molar-refractivity contribution is 5.87. The molecule has 6 heteroatoms. The van der Waals surface area contributed by atoms with Crippen molar-refractivity contribution in [3.8, 4) is 0 Å². The maximum atomic E-state index is 11.9. The standard InChI is InChI=1S/C16H28N2O4/c1-5-12(6-2)22-14-9-11(16(20)21)8-13(17)15(14)18(7-3)10(4)19/h9,12-15H,5-8,17H2,1-4H3,(H,20,21)/t13-,14+,15+/m0/s1. The lowest BCUT2D eigenvalue weighted by molar-refractivity contribution is -0.137. The van der Waals surface area contributed by atoms with E-state index in [1.807, 2.05) is 20.8 Å². The number of nitrogens with two attached hydrogens (primary N) is 1. The molecule has 0 aromatic carbocycles. The molecule has 3 atom stereocenters. The van der Waals surface area contributed by atoms with Crippen molar-refractivity contribution in [3.63, 3.8) is 0 Å². The van der Waals surface area contributed by atoms with Crippen LogP contribution in [0, 0.1) is 0 Å². The summed E-state index contributed by atoms with van der Waals surface area (Å²) in [6, 6.07) is -0.773. The van der Waals surface area contributed by atoms with Gasteiger partial charge in [-0.25, -0.2) is 4.79 Å². The van der Waals surface area contributed by atoms with E-state index >= 15 is 0 Å². The lowest BCUT2D eigenvalue weighted by Crippen LogP contribution is -2.58. The third kappa shape index (κ3) is 4.30. The molecule has 1 amide bonds. The first-order valence-corrected chi connectivity index (χ1v) is 7.97. The Kier molecular flexibility index (Phi) is 7.03. The van der Waals surface area contributed by atoms with Crippen LogP contribution in [-0.4, -0.2) is 52.7 Å².